The normalized spacial score (nSPS) is 10.5. The Balaban J connectivity index is 2.37. The van der Waals surface area contributed by atoms with E-state index in [0.29, 0.717) is 27.8 Å². The molecule has 28 heavy (non-hydrogen) atoms. The highest BCUT2D eigenvalue weighted by molar-refractivity contribution is 6.02. The van der Waals surface area contributed by atoms with Crippen molar-refractivity contribution in [3.8, 4) is 22.3 Å². The summed E-state index contributed by atoms with van der Waals surface area (Å²) in [7, 11) is 0. The van der Waals surface area contributed by atoms with Gasteiger partial charge in [0.05, 0.1) is 16.7 Å². The van der Waals surface area contributed by atoms with Crippen molar-refractivity contribution in [3.05, 3.63) is 82.9 Å². The van der Waals surface area contributed by atoms with Crippen LogP contribution in [-0.2, 0) is 0 Å². The molecule has 0 aliphatic carbocycles. The van der Waals surface area contributed by atoms with Crippen LogP contribution in [-0.4, -0.2) is 33.2 Å². The van der Waals surface area contributed by atoms with E-state index in [1.807, 2.05) is 0 Å². The molecular formula is C22H16O6. The summed E-state index contributed by atoms with van der Waals surface area (Å²) in [5, 5.41) is 28.6. The van der Waals surface area contributed by atoms with Gasteiger partial charge in [0.25, 0.3) is 0 Å². The topological polar surface area (TPSA) is 112 Å². The molecule has 0 bridgehead atoms. The maximum Gasteiger partial charge on any atom is 0.336 e. The first-order valence-electron chi connectivity index (χ1n) is 8.34. The molecule has 6 heteroatoms. The van der Waals surface area contributed by atoms with E-state index in [-0.39, 0.29) is 16.7 Å². The van der Waals surface area contributed by atoms with Gasteiger partial charge >= 0.3 is 17.9 Å². The van der Waals surface area contributed by atoms with Crippen LogP contribution in [0.5, 0.6) is 0 Å². The second-order valence-corrected chi connectivity index (χ2v) is 6.20. The lowest BCUT2D eigenvalue weighted by Gasteiger charge is -2.15. The molecule has 0 aliphatic rings. The summed E-state index contributed by atoms with van der Waals surface area (Å²) in [6.45, 7) is 1.60. The average Bonchev–Trinajstić information content (AvgIpc) is 2.68. The Bertz CT molecular complexity index is 1110. The lowest BCUT2D eigenvalue weighted by Crippen LogP contribution is -2.06. The Morgan fingerprint density at radius 3 is 1.61 bits per heavy atom. The molecule has 0 amide bonds. The highest BCUT2D eigenvalue weighted by Crippen LogP contribution is 2.35. The van der Waals surface area contributed by atoms with Gasteiger partial charge in [0.15, 0.2) is 0 Å². The van der Waals surface area contributed by atoms with E-state index >= 15 is 0 Å². The Hall–Kier alpha value is -3.93. The van der Waals surface area contributed by atoms with Crippen molar-refractivity contribution in [3.63, 3.8) is 0 Å². The van der Waals surface area contributed by atoms with Gasteiger partial charge in [-0.1, -0.05) is 36.4 Å². The fourth-order valence-electron chi connectivity index (χ4n) is 3.20. The van der Waals surface area contributed by atoms with E-state index in [4.69, 9.17) is 0 Å². The summed E-state index contributed by atoms with van der Waals surface area (Å²) < 4.78 is 0. The van der Waals surface area contributed by atoms with Gasteiger partial charge in [-0.15, -0.1) is 0 Å². The molecular weight excluding hydrogens is 360 g/mol. The molecule has 0 radical (unpaired) electrons. The zero-order valence-electron chi connectivity index (χ0n) is 14.8. The van der Waals surface area contributed by atoms with Gasteiger partial charge in [0.2, 0.25) is 0 Å². The quantitative estimate of drug-likeness (QED) is 0.607. The summed E-state index contributed by atoms with van der Waals surface area (Å²) >= 11 is 0. The van der Waals surface area contributed by atoms with Crippen molar-refractivity contribution in [2.45, 2.75) is 6.92 Å². The highest BCUT2D eigenvalue weighted by atomic mass is 16.4. The fraction of sp³-hybridized carbons (Fsp3) is 0.0455. The summed E-state index contributed by atoms with van der Waals surface area (Å²) in [4.78, 5) is 35.0. The largest absolute Gasteiger partial charge is 0.478 e. The van der Waals surface area contributed by atoms with E-state index in [0.717, 1.165) is 0 Å². The zero-order valence-corrected chi connectivity index (χ0v) is 14.8. The van der Waals surface area contributed by atoms with Gasteiger partial charge in [-0.2, -0.15) is 0 Å². The molecule has 3 rings (SSSR count). The number of carboxylic acid groups (broad SMARTS) is 3. The maximum absolute atomic E-state index is 11.8. The van der Waals surface area contributed by atoms with Crippen molar-refractivity contribution in [1.82, 2.24) is 0 Å². The van der Waals surface area contributed by atoms with Gasteiger partial charge in [0, 0.05) is 0 Å². The fourth-order valence-corrected chi connectivity index (χ4v) is 3.20. The second kappa shape index (κ2) is 7.36. The number of carboxylic acids is 3. The summed E-state index contributed by atoms with van der Waals surface area (Å²) in [5.74, 6) is -3.45. The minimum Gasteiger partial charge on any atom is -0.478 e. The molecule has 0 aliphatic heterocycles. The van der Waals surface area contributed by atoms with Gasteiger partial charge in [-0.25, -0.2) is 14.4 Å². The lowest BCUT2D eigenvalue weighted by atomic mass is 9.88. The molecule has 0 atom stereocenters. The van der Waals surface area contributed by atoms with Gasteiger partial charge in [-0.3, -0.25) is 0 Å². The molecule has 0 aromatic heterocycles. The third-order valence-electron chi connectivity index (χ3n) is 4.55. The number of aromatic carboxylic acids is 3. The van der Waals surface area contributed by atoms with Crippen LogP contribution in [0.3, 0.4) is 0 Å². The smallest absolute Gasteiger partial charge is 0.336 e. The molecule has 3 aromatic rings. The van der Waals surface area contributed by atoms with Gasteiger partial charge in [-0.05, 0) is 59.0 Å². The van der Waals surface area contributed by atoms with E-state index in [1.54, 1.807) is 49.4 Å². The number of rotatable bonds is 5. The number of carbonyl (C=O) groups is 3. The molecule has 140 valence electrons. The van der Waals surface area contributed by atoms with Gasteiger partial charge in [0.1, 0.15) is 0 Å². The van der Waals surface area contributed by atoms with Crippen LogP contribution >= 0.6 is 0 Å². The standard InChI is InChI=1S/C22H16O6/c1-12-18(15-7-3-5-9-17(15)21(25)26)10-13(11-19(12)22(27)28)14-6-2-4-8-16(14)20(23)24/h2-11H,1H3,(H,23,24)(H,25,26)(H,27,28). The first-order chi connectivity index (χ1) is 13.3. The second-order valence-electron chi connectivity index (χ2n) is 6.20. The van der Waals surface area contributed by atoms with Crippen LogP contribution in [0.1, 0.15) is 36.6 Å². The number of benzene rings is 3. The van der Waals surface area contributed by atoms with Crippen molar-refractivity contribution in [2.75, 3.05) is 0 Å². The molecule has 0 saturated heterocycles. The van der Waals surface area contributed by atoms with Crippen LogP contribution in [0.25, 0.3) is 22.3 Å². The molecule has 6 nitrogen and oxygen atoms in total. The van der Waals surface area contributed by atoms with Crippen molar-refractivity contribution >= 4 is 17.9 Å². The van der Waals surface area contributed by atoms with E-state index in [9.17, 15) is 29.7 Å². The third-order valence-corrected chi connectivity index (χ3v) is 4.55. The van der Waals surface area contributed by atoms with Crippen LogP contribution < -0.4 is 0 Å². The van der Waals surface area contributed by atoms with Crippen LogP contribution in [0, 0.1) is 6.92 Å². The Morgan fingerprint density at radius 1 is 0.607 bits per heavy atom. The van der Waals surface area contributed by atoms with E-state index < -0.39 is 17.9 Å². The highest BCUT2D eigenvalue weighted by Gasteiger charge is 2.20. The molecule has 0 heterocycles. The molecule has 0 spiro atoms. The summed E-state index contributed by atoms with van der Waals surface area (Å²) in [6, 6.07) is 15.6. The zero-order chi connectivity index (χ0) is 20.4. The van der Waals surface area contributed by atoms with Crippen molar-refractivity contribution in [2.24, 2.45) is 0 Å². The minimum absolute atomic E-state index is 0.0205. The molecule has 0 saturated carbocycles. The maximum atomic E-state index is 11.8. The average molecular weight is 376 g/mol. The van der Waals surface area contributed by atoms with E-state index in [2.05, 4.69) is 0 Å². The molecule has 3 aromatic carbocycles. The first kappa shape index (κ1) is 18.8. The Morgan fingerprint density at radius 2 is 1.07 bits per heavy atom. The summed E-state index contributed by atoms with van der Waals surface area (Å²) in [6.07, 6.45) is 0. The first-order valence-corrected chi connectivity index (χ1v) is 8.34. The summed E-state index contributed by atoms with van der Waals surface area (Å²) in [5.41, 5.74) is 1.97. The molecule has 0 fully saturated rings. The molecule has 0 unspecified atom stereocenters. The van der Waals surface area contributed by atoms with Crippen LogP contribution in [0.4, 0.5) is 0 Å². The predicted octanol–water partition coefficient (Wildman–Crippen LogP) is 4.42. The Labute approximate surface area is 160 Å². The lowest BCUT2D eigenvalue weighted by molar-refractivity contribution is 0.0686. The Kier molecular flexibility index (Phi) is 4.96. The molecule has 3 N–H and O–H groups in total. The monoisotopic (exact) mass is 376 g/mol. The SMILES string of the molecule is Cc1c(C(=O)O)cc(-c2ccccc2C(=O)O)cc1-c1ccccc1C(=O)O. The number of hydrogen-bond donors (Lipinski definition) is 3. The van der Waals surface area contributed by atoms with Crippen molar-refractivity contribution < 1.29 is 29.7 Å². The van der Waals surface area contributed by atoms with Crippen LogP contribution in [0.15, 0.2) is 60.7 Å². The third kappa shape index (κ3) is 3.35. The van der Waals surface area contributed by atoms with Crippen molar-refractivity contribution in [1.29, 1.82) is 0 Å². The minimum atomic E-state index is -1.18. The van der Waals surface area contributed by atoms with Gasteiger partial charge < -0.3 is 15.3 Å². The van der Waals surface area contributed by atoms with E-state index in [1.165, 1.54) is 18.2 Å². The predicted molar refractivity (Wildman–Crippen MR) is 103 cm³/mol. The number of hydrogen-bond acceptors (Lipinski definition) is 3. The van der Waals surface area contributed by atoms with Crippen LogP contribution in [0.2, 0.25) is 0 Å².